The fourth-order valence-corrected chi connectivity index (χ4v) is 2.35. The van der Waals surface area contributed by atoms with E-state index in [2.05, 4.69) is 5.32 Å². The Bertz CT molecular complexity index is 752. The third-order valence-corrected chi connectivity index (χ3v) is 3.81. The lowest BCUT2D eigenvalue weighted by molar-refractivity contribution is -0.122. The van der Waals surface area contributed by atoms with E-state index in [1.54, 1.807) is 24.3 Å². The first-order chi connectivity index (χ1) is 11.4. The molecule has 0 saturated heterocycles. The van der Waals surface area contributed by atoms with E-state index < -0.39 is 6.10 Å². The zero-order valence-electron chi connectivity index (χ0n) is 14.6. The molecule has 1 unspecified atom stereocenters. The number of benzene rings is 2. The molecule has 4 nitrogen and oxygen atoms in total. The number of ketones is 1. The van der Waals surface area contributed by atoms with E-state index in [9.17, 15) is 9.59 Å². The van der Waals surface area contributed by atoms with Gasteiger partial charge in [-0.2, -0.15) is 0 Å². The second-order valence-corrected chi connectivity index (χ2v) is 5.91. The van der Waals surface area contributed by atoms with E-state index in [-0.39, 0.29) is 11.7 Å². The van der Waals surface area contributed by atoms with E-state index in [0.29, 0.717) is 17.7 Å². The zero-order valence-corrected chi connectivity index (χ0v) is 14.6. The average molecular weight is 325 g/mol. The van der Waals surface area contributed by atoms with Crippen LogP contribution >= 0.6 is 0 Å². The average Bonchev–Trinajstić information content (AvgIpc) is 2.55. The van der Waals surface area contributed by atoms with Crippen molar-refractivity contribution >= 4 is 17.4 Å². The van der Waals surface area contributed by atoms with Crippen LogP contribution in [0.4, 0.5) is 5.69 Å². The molecule has 0 aromatic heterocycles. The van der Waals surface area contributed by atoms with Crippen LogP contribution in [0.25, 0.3) is 0 Å². The lowest BCUT2D eigenvalue weighted by Crippen LogP contribution is -2.32. The number of hydrogen-bond acceptors (Lipinski definition) is 3. The van der Waals surface area contributed by atoms with Gasteiger partial charge in [0.15, 0.2) is 11.9 Å². The van der Waals surface area contributed by atoms with Crippen molar-refractivity contribution in [3.05, 3.63) is 59.2 Å². The molecule has 1 N–H and O–H groups in total. The van der Waals surface area contributed by atoms with Gasteiger partial charge in [-0.15, -0.1) is 0 Å². The van der Waals surface area contributed by atoms with Crippen LogP contribution in [-0.4, -0.2) is 17.8 Å². The maximum absolute atomic E-state index is 12.5. The Kier molecular flexibility index (Phi) is 5.74. The van der Waals surface area contributed by atoms with E-state index in [1.807, 2.05) is 39.0 Å². The monoisotopic (exact) mass is 325 g/mol. The summed E-state index contributed by atoms with van der Waals surface area (Å²) in [5.74, 6) is 0.457. The first-order valence-electron chi connectivity index (χ1n) is 8.06. The first kappa shape index (κ1) is 17.7. The maximum Gasteiger partial charge on any atom is 0.265 e. The minimum atomic E-state index is -0.591. The van der Waals surface area contributed by atoms with Crippen molar-refractivity contribution in [3.8, 4) is 5.75 Å². The molecular weight excluding hydrogens is 302 g/mol. The number of Topliss-reactive ketones (excluding diaryl/α,β-unsaturated/α-hetero) is 1. The van der Waals surface area contributed by atoms with E-state index in [0.717, 1.165) is 16.9 Å². The summed E-state index contributed by atoms with van der Waals surface area (Å²) in [7, 11) is 0. The van der Waals surface area contributed by atoms with Gasteiger partial charge in [-0.25, -0.2) is 0 Å². The predicted octanol–water partition coefficient (Wildman–Crippen LogP) is 4.30. The van der Waals surface area contributed by atoms with Gasteiger partial charge in [-0.1, -0.05) is 31.2 Å². The number of ether oxygens (including phenoxy) is 1. The van der Waals surface area contributed by atoms with Gasteiger partial charge in [-0.3, -0.25) is 9.59 Å². The zero-order chi connectivity index (χ0) is 17.7. The van der Waals surface area contributed by atoms with Crippen molar-refractivity contribution < 1.29 is 14.3 Å². The largest absolute Gasteiger partial charge is 0.480 e. The minimum Gasteiger partial charge on any atom is -0.480 e. The molecule has 0 heterocycles. The molecule has 24 heavy (non-hydrogen) atoms. The van der Waals surface area contributed by atoms with Crippen molar-refractivity contribution in [1.29, 1.82) is 0 Å². The molecular formula is C20H23NO3. The van der Waals surface area contributed by atoms with Crippen molar-refractivity contribution in [2.24, 2.45) is 0 Å². The van der Waals surface area contributed by atoms with Gasteiger partial charge < -0.3 is 10.1 Å². The predicted molar refractivity (Wildman–Crippen MR) is 95.7 cm³/mol. The SMILES string of the molecule is CCC(Oc1cc(C)ccc1C)C(=O)Nc1cccc(C(C)=O)c1. The molecule has 0 bridgehead atoms. The Morgan fingerprint density at radius 2 is 1.88 bits per heavy atom. The number of carbonyl (C=O) groups excluding carboxylic acids is 2. The van der Waals surface area contributed by atoms with Crippen molar-refractivity contribution in [2.45, 2.75) is 40.2 Å². The van der Waals surface area contributed by atoms with Crippen LogP contribution in [0.2, 0.25) is 0 Å². The van der Waals surface area contributed by atoms with Crippen LogP contribution < -0.4 is 10.1 Å². The summed E-state index contributed by atoms with van der Waals surface area (Å²) in [6, 6.07) is 12.8. The van der Waals surface area contributed by atoms with Crippen molar-refractivity contribution in [2.75, 3.05) is 5.32 Å². The third kappa shape index (κ3) is 4.44. The number of nitrogens with one attached hydrogen (secondary N) is 1. The molecule has 2 rings (SSSR count). The van der Waals surface area contributed by atoms with Crippen LogP contribution in [0.5, 0.6) is 5.75 Å². The highest BCUT2D eigenvalue weighted by atomic mass is 16.5. The van der Waals surface area contributed by atoms with Gasteiger partial charge in [0, 0.05) is 11.3 Å². The van der Waals surface area contributed by atoms with Gasteiger partial charge in [-0.05, 0) is 56.5 Å². The Hall–Kier alpha value is -2.62. The third-order valence-electron chi connectivity index (χ3n) is 3.81. The summed E-state index contributed by atoms with van der Waals surface area (Å²) >= 11 is 0. The highest BCUT2D eigenvalue weighted by molar-refractivity contribution is 5.98. The molecule has 2 aromatic rings. The maximum atomic E-state index is 12.5. The Labute approximate surface area is 142 Å². The Morgan fingerprint density at radius 3 is 2.54 bits per heavy atom. The summed E-state index contributed by atoms with van der Waals surface area (Å²) in [6.07, 6.45) is -0.0440. The molecule has 2 aromatic carbocycles. The van der Waals surface area contributed by atoms with Crippen molar-refractivity contribution in [1.82, 2.24) is 0 Å². The van der Waals surface area contributed by atoms with Crippen LogP contribution in [0.15, 0.2) is 42.5 Å². The summed E-state index contributed by atoms with van der Waals surface area (Å²) in [4.78, 5) is 24.0. The smallest absolute Gasteiger partial charge is 0.265 e. The van der Waals surface area contributed by atoms with Crippen LogP contribution in [0, 0.1) is 13.8 Å². The Balaban J connectivity index is 2.13. The number of carbonyl (C=O) groups is 2. The molecule has 0 spiro atoms. The molecule has 1 amide bonds. The molecule has 1 atom stereocenters. The minimum absolute atomic E-state index is 0.0372. The number of amides is 1. The lowest BCUT2D eigenvalue weighted by atomic mass is 10.1. The number of anilines is 1. The molecule has 0 aliphatic rings. The highest BCUT2D eigenvalue weighted by Crippen LogP contribution is 2.22. The molecule has 4 heteroatoms. The van der Waals surface area contributed by atoms with Gasteiger partial charge in [0.05, 0.1) is 0 Å². The van der Waals surface area contributed by atoms with Gasteiger partial charge >= 0.3 is 0 Å². The van der Waals surface area contributed by atoms with Crippen LogP contribution in [0.1, 0.15) is 41.8 Å². The highest BCUT2D eigenvalue weighted by Gasteiger charge is 2.19. The van der Waals surface area contributed by atoms with Crippen LogP contribution in [0.3, 0.4) is 0 Å². The Morgan fingerprint density at radius 1 is 1.12 bits per heavy atom. The van der Waals surface area contributed by atoms with E-state index in [1.165, 1.54) is 6.92 Å². The number of rotatable bonds is 6. The standard InChI is InChI=1S/C20H23NO3/c1-5-18(24-19-11-13(2)9-10-14(19)3)20(23)21-17-8-6-7-16(12-17)15(4)22/h6-12,18H,5H2,1-4H3,(H,21,23). The van der Waals surface area contributed by atoms with Gasteiger partial charge in [0.25, 0.3) is 5.91 Å². The molecule has 0 aliphatic heterocycles. The summed E-state index contributed by atoms with van der Waals surface area (Å²) < 4.78 is 5.91. The van der Waals surface area contributed by atoms with Crippen molar-refractivity contribution in [3.63, 3.8) is 0 Å². The van der Waals surface area contributed by atoms with Crippen LogP contribution in [-0.2, 0) is 4.79 Å². The topological polar surface area (TPSA) is 55.4 Å². The second-order valence-electron chi connectivity index (χ2n) is 5.91. The molecule has 0 saturated carbocycles. The molecule has 126 valence electrons. The summed E-state index contributed by atoms with van der Waals surface area (Å²) in [6.45, 7) is 7.34. The number of hydrogen-bond donors (Lipinski definition) is 1. The molecule has 0 radical (unpaired) electrons. The van der Waals surface area contributed by atoms with Gasteiger partial charge in [0.2, 0.25) is 0 Å². The molecule has 0 aliphatic carbocycles. The lowest BCUT2D eigenvalue weighted by Gasteiger charge is -2.19. The van der Waals surface area contributed by atoms with E-state index in [4.69, 9.17) is 4.74 Å². The fraction of sp³-hybridized carbons (Fsp3) is 0.300. The van der Waals surface area contributed by atoms with E-state index >= 15 is 0 Å². The fourth-order valence-electron chi connectivity index (χ4n) is 2.35. The normalized spacial score (nSPS) is 11.7. The molecule has 0 fully saturated rings. The second kappa shape index (κ2) is 7.77. The summed E-state index contributed by atoms with van der Waals surface area (Å²) in [5, 5.41) is 2.83. The first-order valence-corrected chi connectivity index (χ1v) is 8.06. The quantitative estimate of drug-likeness (QED) is 0.806. The van der Waals surface area contributed by atoms with Gasteiger partial charge in [0.1, 0.15) is 5.75 Å². The number of aryl methyl sites for hydroxylation is 2. The summed E-state index contributed by atoms with van der Waals surface area (Å²) in [5.41, 5.74) is 3.23.